The van der Waals surface area contributed by atoms with Crippen LogP contribution in [-0.2, 0) is 9.09 Å². The van der Waals surface area contributed by atoms with E-state index in [1.165, 1.54) is 7.11 Å². The summed E-state index contributed by atoms with van der Waals surface area (Å²) in [4.78, 5) is 0. The third kappa shape index (κ3) is 3.73. The average Bonchev–Trinajstić information content (AvgIpc) is 2.05. The standard InChI is InChI=1S/C7H9O2P.Ca.2H/c1-9-10(8)7-5-3-2-4-6-7;;;/h2-6,10H,1H3;;;. The molecule has 0 spiro atoms. The summed E-state index contributed by atoms with van der Waals surface area (Å²) in [5, 5.41) is 0.773. The van der Waals surface area contributed by atoms with Crippen LogP contribution in [0.5, 0.6) is 0 Å². The molecule has 0 aliphatic carbocycles. The van der Waals surface area contributed by atoms with E-state index < -0.39 is 8.03 Å². The summed E-state index contributed by atoms with van der Waals surface area (Å²) in [5.41, 5.74) is 0. The SMILES string of the molecule is CO[PH](=O)c1ccccc1.[CaH2]. The summed E-state index contributed by atoms with van der Waals surface area (Å²) in [6, 6.07) is 9.16. The zero-order chi connectivity index (χ0) is 7.40. The summed E-state index contributed by atoms with van der Waals surface area (Å²) in [5.74, 6) is 0. The van der Waals surface area contributed by atoms with Gasteiger partial charge in [-0.05, 0) is 12.1 Å². The predicted molar refractivity (Wildman–Crippen MR) is 50.6 cm³/mol. The van der Waals surface area contributed by atoms with E-state index in [2.05, 4.69) is 4.52 Å². The summed E-state index contributed by atoms with van der Waals surface area (Å²) in [7, 11) is -0.504. The molecule has 0 aliphatic heterocycles. The summed E-state index contributed by atoms with van der Waals surface area (Å²) in [6.07, 6.45) is 0. The Hall–Kier alpha value is 0.670. The summed E-state index contributed by atoms with van der Waals surface area (Å²) >= 11 is 0. The molecule has 0 amide bonds. The molecule has 0 saturated heterocycles. The first-order valence-electron chi connectivity index (χ1n) is 2.98. The van der Waals surface area contributed by atoms with Gasteiger partial charge in [-0.25, -0.2) is 0 Å². The van der Waals surface area contributed by atoms with Crippen LogP contribution in [0, 0.1) is 0 Å². The summed E-state index contributed by atoms with van der Waals surface area (Å²) < 4.78 is 15.7. The van der Waals surface area contributed by atoms with Crippen molar-refractivity contribution in [1.29, 1.82) is 0 Å². The molecule has 4 heteroatoms. The molecular weight excluding hydrogens is 187 g/mol. The maximum absolute atomic E-state index is 11.0. The second-order valence-electron chi connectivity index (χ2n) is 1.86. The van der Waals surface area contributed by atoms with Crippen LogP contribution in [0.4, 0.5) is 0 Å². The molecule has 1 atom stereocenters. The second kappa shape index (κ2) is 6.22. The van der Waals surface area contributed by atoms with Gasteiger partial charge in [0.2, 0.25) is 8.03 Å². The van der Waals surface area contributed by atoms with Gasteiger partial charge in [0.1, 0.15) is 0 Å². The van der Waals surface area contributed by atoms with E-state index in [-0.39, 0.29) is 37.7 Å². The second-order valence-corrected chi connectivity index (χ2v) is 3.42. The van der Waals surface area contributed by atoms with Gasteiger partial charge < -0.3 is 4.52 Å². The molecule has 0 bridgehead atoms. The molecule has 0 aliphatic rings. The van der Waals surface area contributed by atoms with E-state index in [0.717, 1.165) is 5.30 Å². The Labute approximate surface area is 96.8 Å². The van der Waals surface area contributed by atoms with Gasteiger partial charge in [0.15, 0.2) is 0 Å². The van der Waals surface area contributed by atoms with E-state index in [9.17, 15) is 4.57 Å². The van der Waals surface area contributed by atoms with Crippen molar-refractivity contribution in [2.75, 3.05) is 7.11 Å². The molecule has 0 aromatic heterocycles. The predicted octanol–water partition coefficient (Wildman–Crippen LogP) is 0.517. The van der Waals surface area contributed by atoms with Crippen LogP contribution in [0.25, 0.3) is 0 Å². The minimum atomic E-state index is -1.96. The molecule has 0 N–H and O–H groups in total. The van der Waals surface area contributed by atoms with Gasteiger partial charge in [0.05, 0.1) is 0 Å². The molecule has 1 aromatic carbocycles. The fourth-order valence-electron chi connectivity index (χ4n) is 0.692. The van der Waals surface area contributed by atoms with Gasteiger partial charge in [-0.15, -0.1) is 0 Å². The Bertz CT molecular complexity index is 225. The molecule has 1 unspecified atom stereocenters. The Kier molecular flexibility index (Phi) is 6.59. The fourth-order valence-corrected chi connectivity index (χ4v) is 1.39. The molecule has 58 valence electrons. The molecule has 0 heterocycles. The fraction of sp³-hybridized carbons (Fsp3) is 0.143. The van der Waals surface area contributed by atoms with E-state index in [0.29, 0.717) is 0 Å². The molecule has 2 nitrogen and oxygen atoms in total. The van der Waals surface area contributed by atoms with E-state index in [1.807, 2.05) is 18.2 Å². The van der Waals surface area contributed by atoms with Gasteiger partial charge in [0.25, 0.3) is 0 Å². The number of hydrogen-bond donors (Lipinski definition) is 0. The molecule has 1 aromatic rings. The zero-order valence-corrected chi connectivity index (χ0v) is 6.70. The average molecular weight is 198 g/mol. The van der Waals surface area contributed by atoms with Crippen LogP contribution < -0.4 is 5.30 Å². The van der Waals surface area contributed by atoms with Crippen LogP contribution in [0.2, 0.25) is 0 Å². The van der Waals surface area contributed by atoms with Crippen molar-refractivity contribution in [1.82, 2.24) is 0 Å². The quantitative estimate of drug-likeness (QED) is 0.511. The van der Waals surface area contributed by atoms with E-state index in [4.69, 9.17) is 0 Å². The normalized spacial score (nSPS) is 11.7. The monoisotopic (exact) mass is 198 g/mol. The van der Waals surface area contributed by atoms with Crippen molar-refractivity contribution in [3.8, 4) is 0 Å². The van der Waals surface area contributed by atoms with Crippen molar-refractivity contribution in [2.24, 2.45) is 0 Å². The molecule has 11 heavy (non-hydrogen) atoms. The minimum absolute atomic E-state index is 0. The van der Waals surface area contributed by atoms with Crippen LogP contribution in [0.3, 0.4) is 0 Å². The van der Waals surface area contributed by atoms with Gasteiger partial charge in [-0.1, -0.05) is 18.2 Å². The Morgan fingerprint density at radius 1 is 1.27 bits per heavy atom. The first kappa shape index (κ1) is 11.7. The van der Waals surface area contributed by atoms with Gasteiger partial charge in [0, 0.05) is 12.4 Å². The molecule has 0 fully saturated rings. The van der Waals surface area contributed by atoms with Crippen molar-refractivity contribution < 1.29 is 9.09 Å². The molecular formula is C7H11CaO2P. The van der Waals surface area contributed by atoms with Crippen molar-refractivity contribution in [3.05, 3.63) is 30.3 Å². The molecule has 1 rings (SSSR count). The Balaban J connectivity index is 0.000001000. The Morgan fingerprint density at radius 3 is 2.27 bits per heavy atom. The van der Waals surface area contributed by atoms with Crippen LogP contribution in [-0.4, -0.2) is 44.8 Å². The first-order chi connectivity index (χ1) is 4.84. The van der Waals surface area contributed by atoms with Gasteiger partial charge in [-0.2, -0.15) is 0 Å². The topological polar surface area (TPSA) is 26.3 Å². The van der Waals surface area contributed by atoms with Crippen LogP contribution in [0.1, 0.15) is 0 Å². The first-order valence-corrected chi connectivity index (χ1v) is 4.29. The third-order valence-electron chi connectivity index (χ3n) is 1.19. The van der Waals surface area contributed by atoms with Crippen molar-refractivity contribution in [3.63, 3.8) is 0 Å². The number of hydrogen-bond acceptors (Lipinski definition) is 2. The zero-order valence-electron chi connectivity index (χ0n) is 5.70. The van der Waals surface area contributed by atoms with Gasteiger partial charge >= 0.3 is 37.7 Å². The van der Waals surface area contributed by atoms with Crippen LogP contribution >= 0.6 is 8.03 Å². The third-order valence-corrected chi connectivity index (χ3v) is 2.37. The summed E-state index contributed by atoms with van der Waals surface area (Å²) in [6.45, 7) is 0. The number of rotatable bonds is 2. The van der Waals surface area contributed by atoms with E-state index in [1.54, 1.807) is 12.1 Å². The maximum atomic E-state index is 11.0. The molecule has 0 saturated carbocycles. The van der Waals surface area contributed by atoms with Gasteiger partial charge in [-0.3, -0.25) is 4.57 Å². The van der Waals surface area contributed by atoms with E-state index >= 15 is 0 Å². The Morgan fingerprint density at radius 2 is 1.82 bits per heavy atom. The van der Waals surface area contributed by atoms with Crippen LogP contribution in [0.15, 0.2) is 30.3 Å². The molecule has 0 radical (unpaired) electrons. The number of benzene rings is 1. The van der Waals surface area contributed by atoms with Crippen molar-refractivity contribution in [2.45, 2.75) is 0 Å². The van der Waals surface area contributed by atoms with Crippen molar-refractivity contribution >= 4 is 51.1 Å².